The van der Waals surface area contributed by atoms with Gasteiger partial charge in [-0.1, -0.05) is 6.07 Å². The summed E-state index contributed by atoms with van der Waals surface area (Å²) in [4.78, 5) is 11.2. The van der Waals surface area contributed by atoms with E-state index in [1.807, 2.05) is 0 Å². The summed E-state index contributed by atoms with van der Waals surface area (Å²) in [6.07, 6.45) is 0.418. The maximum Gasteiger partial charge on any atom is 0.178 e. The number of carbonyl (C=O) groups excluding carboxylic acids is 1. The summed E-state index contributed by atoms with van der Waals surface area (Å²) in [6, 6.07) is 6.92. The van der Waals surface area contributed by atoms with Crippen molar-refractivity contribution in [1.82, 2.24) is 0 Å². The van der Waals surface area contributed by atoms with E-state index in [0.717, 1.165) is 0 Å². The lowest BCUT2D eigenvalue weighted by molar-refractivity contribution is 0.0933. The van der Waals surface area contributed by atoms with Crippen LogP contribution in [0.3, 0.4) is 0 Å². The van der Waals surface area contributed by atoms with Gasteiger partial charge in [-0.2, -0.15) is 0 Å². The molecule has 1 aliphatic heterocycles. The molecule has 12 heavy (non-hydrogen) atoms. The smallest absolute Gasteiger partial charge is 0.178 e. The molecule has 0 amide bonds. The monoisotopic (exact) mass is 161 g/mol. The van der Waals surface area contributed by atoms with Gasteiger partial charge in [-0.15, -0.1) is 0 Å². The predicted octanol–water partition coefficient (Wildman–Crippen LogP) is 0.834. The van der Waals surface area contributed by atoms with Gasteiger partial charge in [-0.3, -0.25) is 4.79 Å². The average Bonchev–Trinajstić information content (AvgIpc) is 2.04. The predicted molar refractivity (Wildman–Crippen MR) is 43.0 cm³/mol. The van der Waals surface area contributed by atoms with E-state index in [4.69, 9.17) is 10.5 Å². The Hall–Kier alpha value is -1.69. The molecule has 0 spiro atoms. The lowest BCUT2D eigenvalue weighted by Gasteiger charge is -2.13. The molecule has 3 heteroatoms. The lowest BCUT2D eigenvalue weighted by atomic mass is 10.1. The van der Waals surface area contributed by atoms with E-state index in [9.17, 15) is 4.79 Å². The Bertz CT molecular complexity index is 333. The highest BCUT2D eigenvalue weighted by molar-refractivity contribution is 5.99. The fourth-order valence-electron chi connectivity index (χ4n) is 1.15. The minimum atomic E-state index is 0.0486. The van der Waals surface area contributed by atoms with Gasteiger partial charge in [0.15, 0.2) is 5.78 Å². The van der Waals surface area contributed by atoms with Crippen LogP contribution in [0.4, 0.5) is 5.69 Å². The van der Waals surface area contributed by atoms with Gasteiger partial charge in [0.25, 0.3) is 0 Å². The first-order valence-electron chi connectivity index (χ1n) is 3.67. The molecule has 2 rings (SSSR count). The van der Waals surface area contributed by atoms with E-state index < -0.39 is 0 Å². The highest BCUT2D eigenvalue weighted by atomic mass is 16.5. The maximum absolute atomic E-state index is 11.2. The van der Waals surface area contributed by atoms with E-state index in [2.05, 4.69) is 12.1 Å². The van der Waals surface area contributed by atoms with Crippen LogP contribution in [0.2, 0.25) is 0 Å². The van der Waals surface area contributed by atoms with Gasteiger partial charge in [0.2, 0.25) is 0 Å². The molecule has 0 aromatic heterocycles. The van der Waals surface area contributed by atoms with Crippen molar-refractivity contribution in [3.05, 3.63) is 23.8 Å². The van der Waals surface area contributed by atoms with E-state index >= 15 is 0 Å². The van der Waals surface area contributed by atoms with E-state index in [-0.39, 0.29) is 5.78 Å². The number of nitrogen functional groups attached to an aromatic ring is 1. The molecule has 1 heterocycles. The zero-order valence-electron chi connectivity index (χ0n) is 6.39. The number of anilines is 1. The largest absolute Gasteiger partial charge is 0.492 e. The number of hydrogen-bond donors (Lipinski definition) is 1. The molecule has 0 saturated heterocycles. The van der Waals surface area contributed by atoms with Crippen LogP contribution in [0.1, 0.15) is 16.8 Å². The van der Waals surface area contributed by atoms with Crippen molar-refractivity contribution in [3.63, 3.8) is 0 Å². The Morgan fingerprint density at radius 1 is 1.50 bits per heavy atom. The lowest BCUT2D eigenvalue weighted by Crippen LogP contribution is -2.14. The molecule has 2 N–H and O–H groups in total. The number of ketones is 1. The molecule has 0 unspecified atom stereocenters. The molecule has 0 saturated carbocycles. The summed E-state index contributed by atoms with van der Waals surface area (Å²) in [5.41, 5.74) is 6.36. The van der Waals surface area contributed by atoms with Crippen molar-refractivity contribution in [2.45, 2.75) is 6.42 Å². The van der Waals surface area contributed by atoms with Crippen LogP contribution in [0, 0.1) is 12.1 Å². The third kappa shape index (κ3) is 0.978. The molecule has 0 aliphatic carbocycles. The number of nitrogens with two attached hydrogens (primary N) is 1. The van der Waals surface area contributed by atoms with Gasteiger partial charge >= 0.3 is 0 Å². The molecule has 1 aromatic carbocycles. The van der Waals surface area contributed by atoms with Crippen molar-refractivity contribution >= 4 is 11.5 Å². The first-order chi connectivity index (χ1) is 5.77. The van der Waals surface area contributed by atoms with Gasteiger partial charge in [-0.05, 0) is 6.07 Å². The van der Waals surface area contributed by atoms with Gasteiger partial charge in [-0.25, -0.2) is 0 Å². The molecule has 3 nitrogen and oxygen atoms in total. The molecule has 0 fully saturated rings. The molecular formula is C9H7NO2. The number of Topliss-reactive ketones (excluding diaryl/α,β-unsaturated/α-hetero) is 1. The Balaban J connectivity index is 2.53. The summed E-state index contributed by atoms with van der Waals surface area (Å²) < 4.78 is 5.22. The number of rotatable bonds is 0. The zero-order valence-corrected chi connectivity index (χ0v) is 6.39. The SMILES string of the molecule is Nc1c#cc2c(c1)OCCC2=O. The zero-order chi connectivity index (χ0) is 8.55. The fraction of sp³-hybridized carbons (Fsp3) is 0.222. The third-order valence-electron chi connectivity index (χ3n) is 1.73. The molecule has 0 bridgehead atoms. The normalized spacial score (nSPS) is 14.5. The van der Waals surface area contributed by atoms with Crippen LogP contribution < -0.4 is 10.5 Å². The van der Waals surface area contributed by atoms with Crippen LogP contribution in [0.5, 0.6) is 5.75 Å². The Labute approximate surface area is 70.1 Å². The van der Waals surface area contributed by atoms with Crippen LogP contribution in [0.15, 0.2) is 6.07 Å². The minimum absolute atomic E-state index is 0.0486. The topological polar surface area (TPSA) is 52.3 Å². The standard InChI is InChI=1S/C9H7NO2/c10-6-1-2-7-8(11)3-4-12-9(7)5-6/h5H,3-4,10H2. The molecule has 0 atom stereocenters. The molecule has 1 aliphatic rings. The fourth-order valence-corrected chi connectivity index (χ4v) is 1.15. The van der Waals surface area contributed by atoms with Gasteiger partial charge in [0.05, 0.1) is 12.3 Å². The van der Waals surface area contributed by atoms with Crippen molar-refractivity contribution in [2.24, 2.45) is 0 Å². The molecule has 1 aromatic rings. The van der Waals surface area contributed by atoms with Crippen molar-refractivity contribution in [2.75, 3.05) is 12.3 Å². The van der Waals surface area contributed by atoms with E-state index in [0.29, 0.717) is 30.0 Å². The van der Waals surface area contributed by atoms with Crippen LogP contribution in [0.25, 0.3) is 0 Å². The van der Waals surface area contributed by atoms with Gasteiger partial charge in [0.1, 0.15) is 11.3 Å². The van der Waals surface area contributed by atoms with E-state index in [1.165, 1.54) is 0 Å². The number of hydrogen-bond acceptors (Lipinski definition) is 3. The second kappa shape index (κ2) is 2.42. The summed E-state index contributed by atoms with van der Waals surface area (Å²) >= 11 is 0. The minimum Gasteiger partial charge on any atom is -0.492 e. The number of fused-ring (bicyclic) bond motifs is 1. The van der Waals surface area contributed by atoms with E-state index in [1.54, 1.807) is 6.07 Å². The Kier molecular flexibility index (Phi) is 1.41. The Morgan fingerprint density at radius 2 is 2.33 bits per heavy atom. The molecule has 60 valence electrons. The van der Waals surface area contributed by atoms with Crippen molar-refractivity contribution < 1.29 is 9.53 Å². The summed E-state index contributed by atoms with van der Waals surface area (Å²) in [7, 11) is 0. The summed E-state index contributed by atoms with van der Waals surface area (Å²) in [5, 5.41) is 0. The molecule has 0 radical (unpaired) electrons. The van der Waals surface area contributed by atoms with Gasteiger partial charge < -0.3 is 10.5 Å². The summed E-state index contributed by atoms with van der Waals surface area (Å²) in [5.74, 6) is 0.579. The highest BCUT2D eigenvalue weighted by Gasteiger charge is 2.17. The average molecular weight is 161 g/mol. The second-order valence-corrected chi connectivity index (χ2v) is 2.61. The second-order valence-electron chi connectivity index (χ2n) is 2.61. The first-order valence-corrected chi connectivity index (χ1v) is 3.67. The Morgan fingerprint density at radius 3 is 3.17 bits per heavy atom. The first kappa shape index (κ1) is 6.99. The highest BCUT2D eigenvalue weighted by Crippen LogP contribution is 2.23. The van der Waals surface area contributed by atoms with Crippen LogP contribution >= 0.6 is 0 Å². The number of carbonyl (C=O) groups is 1. The third-order valence-corrected chi connectivity index (χ3v) is 1.73. The van der Waals surface area contributed by atoms with Crippen molar-refractivity contribution in [1.29, 1.82) is 0 Å². The quantitative estimate of drug-likeness (QED) is 0.613. The number of ether oxygens (including phenoxy) is 1. The van der Waals surface area contributed by atoms with Crippen LogP contribution in [-0.2, 0) is 0 Å². The summed E-state index contributed by atoms with van der Waals surface area (Å²) in [6.45, 7) is 0.434. The van der Waals surface area contributed by atoms with Gasteiger partial charge in [0, 0.05) is 12.5 Å². The maximum atomic E-state index is 11.2. The molecular weight excluding hydrogens is 154 g/mol. The van der Waals surface area contributed by atoms with Crippen LogP contribution in [-0.4, -0.2) is 12.4 Å². The van der Waals surface area contributed by atoms with Crippen molar-refractivity contribution in [3.8, 4) is 5.75 Å².